The molecular formula is C10H7ClFN. The second-order valence-electron chi connectivity index (χ2n) is 2.92. The van der Waals surface area contributed by atoms with Crippen molar-refractivity contribution in [2.45, 2.75) is 6.92 Å². The molecule has 1 aromatic heterocycles. The number of fused-ring (bicyclic) bond motifs is 1. The van der Waals surface area contributed by atoms with Gasteiger partial charge in [-0.15, -0.1) is 0 Å². The van der Waals surface area contributed by atoms with Crippen LogP contribution in [0, 0.1) is 12.7 Å². The summed E-state index contributed by atoms with van der Waals surface area (Å²) in [6, 6.07) is 6.28. The van der Waals surface area contributed by atoms with Crippen molar-refractivity contribution in [3.8, 4) is 0 Å². The van der Waals surface area contributed by atoms with Crippen LogP contribution in [0.5, 0.6) is 0 Å². The molecule has 0 aliphatic carbocycles. The number of aryl methyl sites for hydroxylation is 1. The van der Waals surface area contributed by atoms with Crippen LogP contribution in [0.25, 0.3) is 10.8 Å². The molecule has 0 N–H and O–H groups in total. The minimum Gasteiger partial charge on any atom is -0.241 e. The SMILES string of the molecule is Cc1cc2cc(F)ccc2c(Cl)n1. The molecule has 2 aromatic rings. The Hall–Kier alpha value is -1.15. The summed E-state index contributed by atoms with van der Waals surface area (Å²) in [7, 11) is 0. The first-order valence-electron chi connectivity index (χ1n) is 3.89. The number of pyridine rings is 1. The standard InChI is InChI=1S/C10H7ClFN/c1-6-4-7-5-8(12)2-3-9(7)10(11)13-6/h2-5H,1H3. The van der Waals surface area contributed by atoms with Crippen molar-refractivity contribution in [3.63, 3.8) is 0 Å². The molecule has 0 amide bonds. The Morgan fingerprint density at radius 2 is 2.08 bits per heavy atom. The summed E-state index contributed by atoms with van der Waals surface area (Å²) in [5.74, 6) is -0.255. The molecule has 0 spiro atoms. The maximum atomic E-state index is 12.8. The van der Waals surface area contributed by atoms with Crippen molar-refractivity contribution in [1.82, 2.24) is 4.98 Å². The van der Waals surface area contributed by atoms with Gasteiger partial charge in [-0.25, -0.2) is 9.37 Å². The highest BCUT2D eigenvalue weighted by molar-refractivity contribution is 6.34. The average Bonchev–Trinajstić information content (AvgIpc) is 2.02. The molecule has 66 valence electrons. The quantitative estimate of drug-likeness (QED) is 0.588. The molecule has 2 rings (SSSR count). The van der Waals surface area contributed by atoms with E-state index in [1.807, 2.05) is 13.0 Å². The molecule has 0 atom stereocenters. The van der Waals surface area contributed by atoms with Crippen LogP contribution in [-0.4, -0.2) is 4.98 Å². The van der Waals surface area contributed by atoms with Gasteiger partial charge in [-0.05, 0) is 36.6 Å². The van der Waals surface area contributed by atoms with E-state index in [1.54, 1.807) is 6.07 Å². The summed E-state index contributed by atoms with van der Waals surface area (Å²) in [4.78, 5) is 4.07. The first kappa shape index (κ1) is 8.45. The Balaban J connectivity index is 2.86. The van der Waals surface area contributed by atoms with Gasteiger partial charge in [0.2, 0.25) is 0 Å². The van der Waals surface area contributed by atoms with Crippen LogP contribution >= 0.6 is 11.6 Å². The molecule has 3 heteroatoms. The van der Waals surface area contributed by atoms with E-state index in [1.165, 1.54) is 12.1 Å². The smallest absolute Gasteiger partial charge is 0.137 e. The molecule has 1 nitrogen and oxygen atoms in total. The molecule has 0 fully saturated rings. The minimum absolute atomic E-state index is 0.255. The summed E-state index contributed by atoms with van der Waals surface area (Å²) < 4.78 is 12.8. The Labute approximate surface area is 80.2 Å². The first-order chi connectivity index (χ1) is 6.16. The molecule has 13 heavy (non-hydrogen) atoms. The summed E-state index contributed by atoms with van der Waals surface area (Å²) >= 11 is 5.88. The molecule has 0 aliphatic rings. The first-order valence-corrected chi connectivity index (χ1v) is 4.27. The van der Waals surface area contributed by atoms with Crippen LogP contribution in [0.4, 0.5) is 4.39 Å². The lowest BCUT2D eigenvalue weighted by Gasteiger charge is -2.01. The number of hydrogen-bond acceptors (Lipinski definition) is 1. The molecule has 0 bridgehead atoms. The van der Waals surface area contributed by atoms with E-state index in [2.05, 4.69) is 4.98 Å². The monoisotopic (exact) mass is 195 g/mol. The number of rotatable bonds is 0. The van der Waals surface area contributed by atoms with Crippen molar-refractivity contribution >= 4 is 22.4 Å². The zero-order valence-corrected chi connectivity index (χ0v) is 7.77. The van der Waals surface area contributed by atoms with Crippen molar-refractivity contribution in [1.29, 1.82) is 0 Å². The van der Waals surface area contributed by atoms with Gasteiger partial charge in [-0.1, -0.05) is 11.6 Å². The molecule has 1 heterocycles. The van der Waals surface area contributed by atoms with Crippen molar-refractivity contribution in [2.75, 3.05) is 0 Å². The van der Waals surface area contributed by atoms with E-state index in [0.717, 1.165) is 16.5 Å². The topological polar surface area (TPSA) is 12.9 Å². The van der Waals surface area contributed by atoms with E-state index in [-0.39, 0.29) is 5.82 Å². The zero-order valence-electron chi connectivity index (χ0n) is 7.01. The van der Waals surface area contributed by atoms with Crippen LogP contribution in [0.3, 0.4) is 0 Å². The Kier molecular flexibility index (Phi) is 1.93. The van der Waals surface area contributed by atoms with Crippen LogP contribution < -0.4 is 0 Å². The average molecular weight is 196 g/mol. The fourth-order valence-corrected chi connectivity index (χ4v) is 1.62. The van der Waals surface area contributed by atoms with Crippen LogP contribution in [0.15, 0.2) is 24.3 Å². The highest BCUT2D eigenvalue weighted by Crippen LogP contribution is 2.22. The lowest BCUT2D eigenvalue weighted by Crippen LogP contribution is -1.85. The van der Waals surface area contributed by atoms with Crippen LogP contribution in [0.2, 0.25) is 5.15 Å². The number of nitrogens with zero attached hydrogens (tertiary/aromatic N) is 1. The van der Waals surface area contributed by atoms with Gasteiger partial charge in [-0.2, -0.15) is 0 Å². The summed E-state index contributed by atoms with van der Waals surface area (Å²) in [6.07, 6.45) is 0. The molecule has 1 aromatic carbocycles. The van der Waals surface area contributed by atoms with Gasteiger partial charge in [0.25, 0.3) is 0 Å². The van der Waals surface area contributed by atoms with Gasteiger partial charge >= 0.3 is 0 Å². The summed E-state index contributed by atoms with van der Waals surface area (Å²) in [6.45, 7) is 1.83. The molecular weight excluding hydrogens is 189 g/mol. The predicted octanol–water partition coefficient (Wildman–Crippen LogP) is 3.34. The fourth-order valence-electron chi connectivity index (χ4n) is 1.31. The van der Waals surface area contributed by atoms with Gasteiger partial charge in [-0.3, -0.25) is 0 Å². The van der Waals surface area contributed by atoms with Gasteiger partial charge in [0.15, 0.2) is 0 Å². The molecule has 0 unspecified atom stereocenters. The highest BCUT2D eigenvalue weighted by Gasteiger charge is 2.02. The third kappa shape index (κ3) is 1.49. The van der Waals surface area contributed by atoms with Gasteiger partial charge in [0.05, 0.1) is 0 Å². The third-order valence-corrected chi connectivity index (χ3v) is 2.16. The van der Waals surface area contributed by atoms with Gasteiger partial charge in [0, 0.05) is 11.1 Å². The summed E-state index contributed by atoms with van der Waals surface area (Å²) in [5, 5.41) is 2.00. The van der Waals surface area contributed by atoms with E-state index in [0.29, 0.717) is 5.15 Å². The lowest BCUT2D eigenvalue weighted by atomic mass is 10.1. The van der Waals surface area contributed by atoms with E-state index >= 15 is 0 Å². The normalized spacial score (nSPS) is 10.7. The van der Waals surface area contributed by atoms with Crippen molar-refractivity contribution in [3.05, 3.63) is 40.9 Å². The zero-order chi connectivity index (χ0) is 9.42. The Bertz CT molecular complexity index is 462. The molecule has 0 saturated heterocycles. The third-order valence-electron chi connectivity index (χ3n) is 1.87. The number of halogens is 2. The lowest BCUT2D eigenvalue weighted by molar-refractivity contribution is 0.629. The molecule has 0 aliphatic heterocycles. The van der Waals surface area contributed by atoms with E-state index in [4.69, 9.17) is 11.6 Å². The van der Waals surface area contributed by atoms with Gasteiger partial charge < -0.3 is 0 Å². The maximum absolute atomic E-state index is 12.8. The number of aromatic nitrogens is 1. The largest absolute Gasteiger partial charge is 0.241 e. The van der Waals surface area contributed by atoms with Gasteiger partial charge in [0.1, 0.15) is 11.0 Å². The minimum atomic E-state index is -0.255. The van der Waals surface area contributed by atoms with Crippen molar-refractivity contribution in [2.24, 2.45) is 0 Å². The van der Waals surface area contributed by atoms with Crippen LogP contribution in [-0.2, 0) is 0 Å². The number of benzene rings is 1. The highest BCUT2D eigenvalue weighted by atomic mass is 35.5. The Morgan fingerprint density at radius 1 is 1.31 bits per heavy atom. The Morgan fingerprint density at radius 3 is 2.85 bits per heavy atom. The fraction of sp³-hybridized carbons (Fsp3) is 0.100. The number of hydrogen-bond donors (Lipinski definition) is 0. The summed E-state index contributed by atoms with van der Waals surface area (Å²) in [5.41, 5.74) is 0.795. The molecule has 0 radical (unpaired) electrons. The van der Waals surface area contributed by atoms with E-state index in [9.17, 15) is 4.39 Å². The second kappa shape index (κ2) is 2.96. The maximum Gasteiger partial charge on any atom is 0.137 e. The van der Waals surface area contributed by atoms with Crippen LogP contribution in [0.1, 0.15) is 5.69 Å². The van der Waals surface area contributed by atoms with Crippen molar-refractivity contribution < 1.29 is 4.39 Å². The predicted molar refractivity (Wildman–Crippen MR) is 51.4 cm³/mol. The molecule has 0 saturated carbocycles. The second-order valence-corrected chi connectivity index (χ2v) is 3.28. The van der Waals surface area contributed by atoms with E-state index < -0.39 is 0 Å².